The first-order chi connectivity index (χ1) is 13.5. The summed E-state index contributed by atoms with van der Waals surface area (Å²) in [5, 5.41) is 2.84. The molecule has 2 amide bonds. The summed E-state index contributed by atoms with van der Waals surface area (Å²) in [6, 6.07) is 15.0. The Balaban J connectivity index is 2.21. The number of benzene rings is 2. The van der Waals surface area contributed by atoms with Crippen molar-refractivity contribution in [3.63, 3.8) is 0 Å². The summed E-state index contributed by atoms with van der Waals surface area (Å²) in [6.07, 6.45) is 0.535. The zero-order chi connectivity index (χ0) is 20.5. The lowest BCUT2D eigenvalue weighted by atomic mass is 10.1. The van der Waals surface area contributed by atoms with Gasteiger partial charge in [0, 0.05) is 13.1 Å². The number of ether oxygens (including phenoxy) is 1. The third-order valence-electron chi connectivity index (χ3n) is 4.62. The second-order valence-electron chi connectivity index (χ2n) is 6.88. The summed E-state index contributed by atoms with van der Waals surface area (Å²) in [6.45, 7) is 8.53. The van der Waals surface area contributed by atoms with Crippen molar-refractivity contribution in [3.05, 3.63) is 65.2 Å². The average Bonchev–Trinajstić information content (AvgIpc) is 2.67. The molecule has 0 heterocycles. The van der Waals surface area contributed by atoms with Gasteiger partial charge in [0.1, 0.15) is 11.8 Å². The van der Waals surface area contributed by atoms with E-state index in [0.717, 1.165) is 16.7 Å². The molecule has 0 aliphatic rings. The van der Waals surface area contributed by atoms with Crippen LogP contribution in [-0.2, 0) is 16.1 Å². The molecule has 2 aromatic rings. The summed E-state index contributed by atoms with van der Waals surface area (Å²) < 4.78 is 5.75. The second kappa shape index (κ2) is 10.5. The predicted molar refractivity (Wildman–Crippen MR) is 111 cm³/mol. The van der Waals surface area contributed by atoms with E-state index in [1.54, 1.807) is 4.90 Å². The smallest absolute Gasteiger partial charge is 0.261 e. The van der Waals surface area contributed by atoms with Gasteiger partial charge in [-0.25, -0.2) is 0 Å². The van der Waals surface area contributed by atoms with Crippen LogP contribution in [0.25, 0.3) is 0 Å². The zero-order valence-corrected chi connectivity index (χ0v) is 17.2. The van der Waals surface area contributed by atoms with E-state index in [1.807, 2.05) is 76.2 Å². The number of nitrogens with one attached hydrogen (secondary N) is 1. The normalized spacial score (nSPS) is 11.6. The first kappa shape index (κ1) is 21.5. The highest BCUT2D eigenvalue weighted by Gasteiger charge is 2.28. The molecule has 0 bridgehead atoms. The number of amides is 2. The number of rotatable bonds is 9. The van der Waals surface area contributed by atoms with Crippen molar-refractivity contribution in [1.82, 2.24) is 10.2 Å². The van der Waals surface area contributed by atoms with Crippen LogP contribution in [0, 0.1) is 13.8 Å². The Labute approximate surface area is 167 Å². The SMILES string of the molecule is CCNC(=O)[C@@H](CC)N(Cc1cccc(C)c1)C(=O)COc1ccccc1C. The summed E-state index contributed by atoms with van der Waals surface area (Å²) in [5.41, 5.74) is 3.08. The number of nitrogens with zero attached hydrogens (tertiary/aromatic N) is 1. The van der Waals surface area contributed by atoms with Crippen LogP contribution in [0.5, 0.6) is 5.75 Å². The van der Waals surface area contributed by atoms with Gasteiger partial charge in [-0.05, 0) is 44.4 Å². The fourth-order valence-electron chi connectivity index (χ4n) is 3.16. The van der Waals surface area contributed by atoms with Crippen molar-refractivity contribution in [3.8, 4) is 5.75 Å². The van der Waals surface area contributed by atoms with Crippen molar-refractivity contribution in [1.29, 1.82) is 0 Å². The molecule has 0 saturated carbocycles. The summed E-state index contributed by atoms with van der Waals surface area (Å²) in [4.78, 5) is 27.2. The largest absolute Gasteiger partial charge is 0.484 e. The molecule has 0 saturated heterocycles. The minimum Gasteiger partial charge on any atom is -0.484 e. The predicted octanol–water partition coefficient (Wildman–Crippen LogP) is 3.63. The first-order valence-corrected chi connectivity index (χ1v) is 9.77. The van der Waals surface area contributed by atoms with Crippen molar-refractivity contribution < 1.29 is 14.3 Å². The number of likely N-dealkylation sites (N-methyl/N-ethyl adjacent to an activating group) is 1. The molecule has 0 unspecified atom stereocenters. The van der Waals surface area contributed by atoms with Crippen LogP contribution in [-0.4, -0.2) is 35.9 Å². The number of carbonyl (C=O) groups is 2. The van der Waals surface area contributed by atoms with E-state index in [2.05, 4.69) is 5.32 Å². The first-order valence-electron chi connectivity index (χ1n) is 9.77. The highest BCUT2D eigenvalue weighted by molar-refractivity contribution is 5.88. The van der Waals surface area contributed by atoms with Crippen LogP contribution in [0.3, 0.4) is 0 Å². The van der Waals surface area contributed by atoms with Gasteiger partial charge in [-0.1, -0.05) is 55.0 Å². The van der Waals surface area contributed by atoms with E-state index in [0.29, 0.717) is 25.3 Å². The number of aryl methyl sites for hydroxylation is 2. The lowest BCUT2D eigenvalue weighted by Gasteiger charge is -2.30. The van der Waals surface area contributed by atoms with Crippen LogP contribution in [0.1, 0.15) is 37.0 Å². The molecule has 0 radical (unpaired) electrons. The van der Waals surface area contributed by atoms with E-state index in [9.17, 15) is 9.59 Å². The molecule has 0 fully saturated rings. The summed E-state index contributed by atoms with van der Waals surface area (Å²) >= 11 is 0. The monoisotopic (exact) mass is 382 g/mol. The molecular formula is C23H30N2O3. The molecule has 1 atom stereocenters. The van der Waals surface area contributed by atoms with Crippen molar-refractivity contribution in [2.75, 3.05) is 13.2 Å². The van der Waals surface area contributed by atoms with Crippen LogP contribution < -0.4 is 10.1 Å². The van der Waals surface area contributed by atoms with Crippen molar-refractivity contribution in [2.24, 2.45) is 0 Å². The Hall–Kier alpha value is -2.82. The van der Waals surface area contributed by atoms with Gasteiger partial charge in [0.15, 0.2) is 6.61 Å². The van der Waals surface area contributed by atoms with Crippen molar-refractivity contribution >= 4 is 11.8 Å². The molecular weight excluding hydrogens is 352 g/mol. The fourth-order valence-corrected chi connectivity index (χ4v) is 3.16. The van der Waals surface area contributed by atoms with Gasteiger partial charge in [-0.3, -0.25) is 9.59 Å². The maximum Gasteiger partial charge on any atom is 0.261 e. The van der Waals surface area contributed by atoms with E-state index >= 15 is 0 Å². The Bertz CT molecular complexity index is 804. The summed E-state index contributed by atoms with van der Waals surface area (Å²) in [5.74, 6) is 0.335. The molecule has 0 spiro atoms. The van der Waals surface area contributed by atoms with Crippen molar-refractivity contribution in [2.45, 2.75) is 46.7 Å². The highest BCUT2D eigenvalue weighted by atomic mass is 16.5. The van der Waals surface area contributed by atoms with Crippen LogP contribution in [0.2, 0.25) is 0 Å². The molecule has 0 aliphatic carbocycles. The third kappa shape index (κ3) is 5.84. The Morgan fingerprint density at radius 1 is 1.07 bits per heavy atom. The quantitative estimate of drug-likeness (QED) is 0.721. The molecule has 1 N–H and O–H groups in total. The Kier molecular flexibility index (Phi) is 8.05. The van der Waals surface area contributed by atoms with Gasteiger partial charge in [0.25, 0.3) is 5.91 Å². The van der Waals surface area contributed by atoms with E-state index in [-0.39, 0.29) is 18.4 Å². The molecule has 2 rings (SSSR count). The highest BCUT2D eigenvalue weighted by Crippen LogP contribution is 2.18. The number of para-hydroxylation sites is 1. The number of hydrogen-bond donors (Lipinski definition) is 1. The Morgan fingerprint density at radius 2 is 1.82 bits per heavy atom. The molecule has 2 aromatic carbocycles. The number of hydrogen-bond acceptors (Lipinski definition) is 3. The van der Waals surface area contributed by atoms with Crippen LogP contribution in [0.15, 0.2) is 48.5 Å². The zero-order valence-electron chi connectivity index (χ0n) is 17.2. The summed E-state index contributed by atoms with van der Waals surface area (Å²) in [7, 11) is 0. The maximum absolute atomic E-state index is 13.0. The van der Waals surface area contributed by atoms with Crippen LogP contribution in [0.4, 0.5) is 0 Å². The van der Waals surface area contributed by atoms with Crippen LogP contribution >= 0.6 is 0 Å². The van der Waals surface area contributed by atoms with Gasteiger partial charge < -0.3 is 15.0 Å². The van der Waals surface area contributed by atoms with Gasteiger partial charge in [-0.15, -0.1) is 0 Å². The minimum absolute atomic E-state index is 0.105. The molecule has 28 heavy (non-hydrogen) atoms. The molecule has 150 valence electrons. The number of carbonyl (C=O) groups excluding carboxylic acids is 2. The van der Waals surface area contributed by atoms with Gasteiger partial charge in [-0.2, -0.15) is 0 Å². The lowest BCUT2D eigenvalue weighted by Crippen LogP contribution is -2.50. The second-order valence-corrected chi connectivity index (χ2v) is 6.88. The minimum atomic E-state index is -0.534. The standard InChI is InChI=1S/C23H30N2O3/c1-5-20(23(27)24-6-2)25(15-19-12-9-10-17(3)14-19)22(26)16-28-21-13-8-7-11-18(21)4/h7-14,20H,5-6,15-16H2,1-4H3,(H,24,27)/t20-/m1/s1. The topological polar surface area (TPSA) is 58.6 Å². The third-order valence-corrected chi connectivity index (χ3v) is 4.62. The van der Waals surface area contributed by atoms with Gasteiger partial charge >= 0.3 is 0 Å². The van der Waals surface area contributed by atoms with E-state index in [1.165, 1.54) is 0 Å². The van der Waals surface area contributed by atoms with E-state index < -0.39 is 6.04 Å². The Morgan fingerprint density at radius 3 is 2.46 bits per heavy atom. The van der Waals surface area contributed by atoms with E-state index in [4.69, 9.17) is 4.74 Å². The lowest BCUT2D eigenvalue weighted by molar-refractivity contribution is -0.142. The van der Waals surface area contributed by atoms with Gasteiger partial charge in [0.2, 0.25) is 5.91 Å². The van der Waals surface area contributed by atoms with Gasteiger partial charge in [0.05, 0.1) is 0 Å². The molecule has 5 nitrogen and oxygen atoms in total. The molecule has 0 aromatic heterocycles. The maximum atomic E-state index is 13.0. The molecule has 5 heteroatoms. The fraction of sp³-hybridized carbons (Fsp3) is 0.391. The molecule has 0 aliphatic heterocycles. The average molecular weight is 383 g/mol.